The van der Waals surface area contributed by atoms with E-state index >= 15 is 0 Å². The van der Waals surface area contributed by atoms with Crippen LogP contribution in [0.1, 0.15) is 37.5 Å². The van der Waals surface area contributed by atoms with Crippen LogP contribution in [0.15, 0.2) is 188 Å². The van der Waals surface area contributed by atoms with Gasteiger partial charge in [0.15, 0.2) is 0 Å². The molecule has 0 aliphatic heterocycles. The van der Waals surface area contributed by atoms with Crippen LogP contribution in [-0.2, 0) is 26.5 Å². The minimum Gasteiger partial charge on any atom is -0.507 e. The van der Waals surface area contributed by atoms with E-state index in [1.807, 2.05) is 30.5 Å². The first-order valence-electron chi connectivity index (χ1n) is 21.5. The summed E-state index contributed by atoms with van der Waals surface area (Å²) in [7, 11) is 0. The molecule has 0 amide bonds. The molecule has 64 heavy (non-hydrogen) atoms. The number of aromatic nitrogens is 3. The van der Waals surface area contributed by atoms with Crippen molar-refractivity contribution in [3.63, 3.8) is 0 Å². The predicted molar refractivity (Wildman–Crippen MR) is 261 cm³/mol. The number of aromatic hydroxyl groups is 1. The monoisotopic (exact) mass is 1010 g/mol. The number of para-hydroxylation sites is 3. The molecule has 0 bridgehead atoms. The first kappa shape index (κ1) is 42.2. The fraction of sp³-hybridized carbons (Fsp3) is 0.103. The molecule has 3 aromatic heterocycles. The van der Waals surface area contributed by atoms with Crippen LogP contribution in [0.5, 0.6) is 5.75 Å². The van der Waals surface area contributed by atoms with E-state index in [4.69, 9.17) is 9.97 Å². The first-order valence-corrected chi connectivity index (χ1v) is 21.5. The zero-order valence-electron chi connectivity index (χ0n) is 36.5. The van der Waals surface area contributed by atoms with Crippen molar-refractivity contribution in [3.8, 4) is 56.2 Å². The van der Waals surface area contributed by atoms with Crippen LogP contribution in [0.3, 0.4) is 0 Å². The number of phenols is 1. The van der Waals surface area contributed by atoms with Crippen molar-refractivity contribution < 1.29 is 26.2 Å². The summed E-state index contributed by atoms with van der Waals surface area (Å²) in [5.74, 6) is 0.210. The Labute approximate surface area is 389 Å². The number of pyridine rings is 2. The number of nitrogens with zero attached hydrogens (tertiary/aromatic N) is 4. The van der Waals surface area contributed by atoms with Gasteiger partial charge in [0.1, 0.15) is 11.4 Å². The first-order chi connectivity index (χ1) is 30.6. The maximum absolute atomic E-state index is 12.5. The molecule has 0 spiro atoms. The molecule has 1 N–H and O–H groups in total. The number of aryl methyl sites for hydroxylation is 2. The van der Waals surface area contributed by atoms with E-state index in [0.29, 0.717) is 11.3 Å². The Morgan fingerprint density at radius 3 is 1.84 bits per heavy atom. The normalized spacial score (nSPS) is 11.5. The predicted octanol–water partition coefficient (Wildman–Crippen LogP) is 15.1. The molecule has 5 nitrogen and oxygen atoms in total. The second-order valence-electron chi connectivity index (χ2n) is 17.3. The summed E-state index contributed by atoms with van der Waals surface area (Å²) in [5, 5.41) is 14.7. The van der Waals surface area contributed by atoms with E-state index in [1.54, 1.807) is 0 Å². The molecule has 0 radical (unpaired) electrons. The van der Waals surface area contributed by atoms with Crippen LogP contribution >= 0.6 is 0 Å². The van der Waals surface area contributed by atoms with Crippen molar-refractivity contribution in [3.05, 3.63) is 211 Å². The molecular formula is C58H47N4OPt-. The van der Waals surface area contributed by atoms with Gasteiger partial charge in [-0.05, 0) is 119 Å². The average molecular weight is 1010 g/mol. The molecule has 0 saturated carbocycles. The Morgan fingerprint density at radius 2 is 1.17 bits per heavy atom. The minimum atomic E-state index is -0.396. The summed E-state index contributed by atoms with van der Waals surface area (Å²) in [6, 6.07) is 67.0. The number of phenolic OH excluding ortho intramolecular Hbond substituents is 1. The molecular weight excluding hydrogens is 964 g/mol. The SMILES string of the molecule is Cc1cccc(C)c1-c1cc(-c2cc(-c3ccccc3)cc(-c3cc(N(c4ccccc4)c4ccccc4)cc(C(C)(C)C)c3O)n2)[c-]c(-n2c3ccccc3c3cccnc32)c1.[Pt]. The van der Waals surface area contributed by atoms with Gasteiger partial charge in [0.25, 0.3) is 0 Å². The van der Waals surface area contributed by atoms with Crippen LogP contribution in [0.2, 0.25) is 0 Å². The van der Waals surface area contributed by atoms with E-state index in [0.717, 1.165) is 78.2 Å². The van der Waals surface area contributed by atoms with Gasteiger partial charge in [0.05, 0.1) is 11.2 Å². The molecule has 10 rings (SSSR count). The van der Waals surface area contributed by atoms with Gasteiger partial charge in [-0.25, -0.2) is 4.98 Å². The third-order valence-electron chi connectivity index (χ3n) is 12.0. The minimum absolute atomic E-state index is 0. The van der Waals surface area contributed by atoms with E-state index < -0.39 is 5.41 Å². The largest absolute Gasteiger partial charge is 0.507 e. The zero-order valence-corrected chi connectivity index (χ0v) is 38.7. The zero-order chi connectivity index (χ0) is 43.2. The molecule has 3 heterocycles. The van der Waals surface area contributed by atoms with Crippen molar-refractivity contribution in [1.29, 1.82) is 0 Å². The second-order valence-corrected chi connectivity index (χ2v) is 17.3. The molecule has 0 aliphatic rings. The van der Waals surface area contributed by atoms with Crippen molar-refractivity contribution in [2.24, 2.45) is 0 Å². The molecule has 0 unspecified atom stereocenters. The Morgan fingerprint density at radius 1 is 0.562 bits per heavy atom. The molecule has 0 aliphatic carbocycles. The standard InChI is InChI=1S/C58H47N4O.Pt/c1-38-19-17-20-39(2)55(38)43-31-42(32-46(33-43)62-54-29-16-15-27-48(54)49-28-18-30-59-57(49)62)52-34-41(40-21-9-6-10-22-40)35-53(60-52)50-36-47(37-51(56(50)63)58(3,4)5)61(44-23-11-7-12-24-44)45-25-13-8-14-26-45;/h6-31,33-37,63H,1-5H3;/q-1;. The number of anilines is 3. The molecule has 10 aromatic rings. The molecule has 0 saturated heterocycles. The van der Waals surface area contributed by atoms with Crippen LogP contribution in [0.25, 0.3) is 72.4 Å². The summed E-state index contributed by atoms with van der Waals surface area (Å²) in [6.45, 7) is 10.8. The van der Waals surface area contributed by atoms with Gasteiger partial charge in [-0.2, -0.15) is 0 Å². The summed E-state index contributed by atoms with van der Waals surface area (Å²) >= 11 is 0. The molecule has 0 atom stereocenters. The third kappa shape index (κ3) is 7.82. The Hall–Kier alpha value is -7.07. The van der Waals surface area contributed by atoms with Gasteiger partial charge in [-0.1, -0.05) is 136 Å². The van der Waals surface area contributed by atoms with Crippen molar-refractivity contribution in [2.75, 3.05) is 4.90 Å². The molecule has 6 heteroatoms. The quantitative estimate of drug-likeness (QED) is 0.154. The Kier molecular flexibility index (Phi) is 11.4. The Bertz CT molecular complexity index is 3190. The Balaban J connectivity index is 0.00000518. The third-order valence-corrected chi connectivity index (χ3v) is 12.0. The topological polar surface area (TPSA) is 54.2 Å². The fourth-order valence-corrected chi connectivity index (χ4v) is 8.99. The summed E-state index contributed by atoms with van der Waals surface area (Å²) < 4.78 is 2.22. The summed E-state index contributed by atoms with van der Waals surface area (Å²) in [4.78, 5) is 12.7. The second kappa shape index (κ2) is 17.2. The average Bonchev–Trinajstić information content (AvgIpc) is 3.64. The molecule has 7 aromatic carbocycles. The van der Waals surface area contributed by atoms with Gasteiger partial charge in [-0.3, -0.25) is 4.98 Å². The number of benzene rings is 7. The van der Waals surface area contributed by atoms with Gasteiger partial charge in [0, 0.05) is 66.2 Å². The maximum Gasteiger partial charge on any atom is 0.144 e. The maximum atomic E-state index is 12.5. The van der Waals surface area contributed by atoms with Gasteiger partial charge in [0.2, 0.25) is 0 Å². The smallest absolute Gasteiger partial charge is 0.144 e. The number of hydrogen-bond donors (Lipinski definition) is 1. The van der Waals surface area contributed by atoms with Crippen LogP contribution in [-0.4, -0.2) is 19.6 Å². The van der Waals surface area contributed by atoms with Gasteiger partial charge < -0.3 is 14.6 Å². The van der Waals surface area contributed by atoms with Crippen molar-refractivity contribution in [2.45, 2.75) is 40.0 Å². The van der Waals surface area contributed by atoms with E-state index in [-0.39, 0.29) is 26.8 Å². The number of fused-ring (bicyclic) bond motifs is 3. The number of hydrogen-bond acceptors (Lipinski definition) is 4. The summed E-state index contributed by atoms with van der Waals surface area (Å²) in [5.41, 5.74) is 15.6. The summed E-state index contributed by atoms with van der Waals surface area (Å²) in [6.07, 6.45) is 1.86. The van der Waals surface area contributed by atoms with E-state index in [1.165, 1.54) is 16.7 Å². The van der Waals surface area contributed by atoms with Crippen LogP contribution in [0, 0.1) is 19.9 Å². The number of rotatable bonds is 8. The van der Waals surface area contributed by atoms with Crippen LogP contribution < -0.4 is 4.90 Å². The van der Waals surface area contributed by atoms with Gasteiger partial charge >= 0.3 is 0 Å². The molecule has 0 fully saturated rings. The van der Waals surface area contributed by atoms with Crippen molar-refractivity contribution >= 4 is 39.0 Å². The fourth-order valence-electron chi connectivity index (χ4n) is 8.99. The van der Waals surface area contributed by atoms with Crippen LogP contribution in [0.4, 0.5) is 17.1 Å². The molecule has 316 valence electrons. The van der Waals surface area contributed by atoms with Gasteiger partial charge in [-0.15, -0.1) is 23.8 Å². The van der Waals surface area contributed by atoms with E-state index in [2.05, 4.69) is 208 Å². The van der Waals surface area contributed by atoms with E-state index in [9.17, 15) is 5.11 Å². The van der Waals surface area contributed by atoms with Crippen molar-refractivity contribution in [1.82, 2.24) is 14.5 Å².